The van der Waals surface area contributed by atoms with Crippen LogP contribution in [0.3, 0.4) is 0 Å². The summed E-state index contributed by atoms with van der Waals surface area (Å²) in [6.07, 6.45) is 1.90. The third-order valence-corrected chi connectivity index (χ3v) is 5.05. The quantitative estimate of drug-likeness (QED) is 0.481. The minimum absolute atomic E-state index is 0.143. The van der Waals surface area contributed by atoms with Crippen molar-refractivity contribution < 1.29 is 17.5 Å². The molecule has 0 atom stereocenters. The lowest BCUT2D eigenvalue weighted by molar-refractivity contribution is 0.409. The van der Waals surface area contributed by atoms with E-state index in [4.69, 9.17) is 4.74 Å². The maximum absolute atomic E-state index is 13.7. The van der Waals surface area contributed by atoms with Crippen LogP contribution < -0.4 is 15.4 Å². The number of ether oxygens (including phenoxy) is 1. The molecule has 0 amide bonds. The fraction of sp³-hybridized carbons (Fsp3) is 0.381. The van der Waals surface area contributed by atoms with Crippen LogP contribution in [-0.2, 0) is 28.6 Å². The van der Waals surface area contributed by atoms with Crippen molar-refractivity contribution in [2.45, 2.75) is 25.6 Å². The summed E-state index contributed by atoms with van der Waals surface area (Å²) in [6.45, 7) is 3.42. The normalized spacial score (nSPS) is 11.9. The zero-order valence-corrected chi connectivity index (χ0v) is 17.9. The molecule has 0 heterocycles. The lowest BCUT2D eigenvalue weighted by atomic mass is 10.1. The number of nitrogens with zero attached hydrogens (tertiary/aromatic N) is 1. The van der Waals surface area contributed by atoms with Crippen LogP contribution in [-0.4, -0.2) is 40.8 Å². The molecule has 0 aliphatic heterocycles. The van der Waals surface area contributed by atoms with Crippen molar-refractivity contribution in [3.63, 3.8) is 0 Å². The van der Waals surface area contributed by atoms with E-state index in [0.717, 1.165) is 24.0 Å². The van der Waals surface area contributed by atoms with Crippen LogP contribution in [0.5, 0.6) is 5.75 Å². The summed E-state index contributed by atoms with van der Waals surface area (Å²) < 4.78 is 42.3. The first-order valence-electron chi connectivity index (χ1n) is 9.41. The maximum atomic E-state index is 13.7. The lowest BCUT2D eigenvalue weighted by Crippen LogP contribution is -2.38. The minimum atomic E-state index is -3.23. The highest BCUT2D eigenvalue weighted by Gasteiger charge is 2.11. The van der Waals surface area contributed by atoms with Gasteiger partial charge in [0, 0.05) is 19.3 Å². The van der Waals surface area contributed by atoms with Gasteiger partial charge in [0.25, 0.3) is 0 Å². The van der Waals surface area contributed by atoms with E-state index in [-0.39, 0.29) is 12.3 Å². The first-order chi connectivity index (χ1) is 13.8. The molecule has 2 N–H and O–H groups in total. The third-order valence-electron chi connectivity index (χ3n) is 4.22. The van der Waals surface area contributed by atoms with Gasteiger partial charge in [0.1, 0.15) is 11.6 Å². The number of guanidine groups is 1. The molecule has 29 heavy (non-hydrogen) atoms. The third kappa shape index (κ3) is 7.73. The number of rotatable bonds is 9. The molecule has 0 fully saturated rings. The Labute approximate surface area is 172 Å². The van der Waals surface area contributed by atoms with Crippen LogP contribution in [0.15, 0.2) is 47.5 Å². The smallest absolute Gasteiger partial charge is 0.191 e. The topological polar surface area (TPSA) is 79.8 Å². The number of aliphatic imine (C=N–C) groups is 1. The molecule has 2 aromatic rings. The number of benzene rings is 2. The molecule has 0 aliphatic rings. The highest BCUT2D eigenvalue weighted by Crippen LogP contribution is 2.17. The van der Waals surface area contributed by atoms with E-state index in [1.165, 1.54) is 18.2 Å². The minimum Gasteiger partial charge on any atom is -0.496 e. The first-order valence-corrected chi connectivity index (χ1v) is 11.5. The van der Waals surface area contributed by atoms with Crippen molar-refractivity contribution >= 4 is 15.8 Å². The maximum Gasteiger partial charge on any atom is 0.191 e. The number of para-hydroxylation sites is 1. The Morgan fingerprint density at radius 1 is 1.10 bits per heavy atom. The summed E-state index contributed by atoms with van der Waals surface area (Å²) in [6, 6.07) is 11.9. The van der Waals surface area contributed by atoms with E-state index in [2.05, 4.69) is 15.6 Å². The molecule has 0 radical (unpaired) electrons. The Kier molecular flexibility index (Phi) is 8.45. The van der Waals surface area contributed by atoms with E-state index in [0.29, 0.717) is 30.2 Å². The van der Waals surface area contributed by atoms with Crippen LogP contribution in [0.4, 0.5) is 4.39 Å². The SMILES string of the molecule is CCNC(=NCc1cc(F)ccc1CS(C)(=O)=O)NCCc1ccccc1OC. The van der Waals surface area contributed by atoms with Gasteiger partial charge in [-0.25, -0.2) is 17.8 Å². The lowest BCUT2D eigenvalue weighted by Gasteiger charge is -2.13. The van der Waals surface area contributed by atoms with Crippen LogP contribution >= 0.6 is 0 Å². The number of hydrogen-bond donors (Lipinski definition) is 2. The van der Waals surface area contributed by atoms with Crippen molar-refractivity contribution in [1.29, 1.82) is 0 Å². The fourth-order valence-electron chi connectivity index (χ4n) is 2.90. The summed E-state index contributed by atoms with van der Waals surface area (Å²) in [7, 11) is -1.58. The molecule has 0 aliphatic carbocycles. The van der Waals surface area contributed by atoms with Gasteiger partial charge in [-0.1, -0.05) is 24.3 Å². The predicted octanol–water partition coefficient (Wildman–Crippen LogP) is 2.68. The van der Waals surface area contributed by atoms with Crippen molar-refractivity contribution in [2.24, 2.45) is 4.99 Å². The Morgan fingerprint density at radius 2 is 1.86 bits per heavy atom. The predicted molar refractivity (Wildman–Crippen MR) is 114 cm³/mol. The summed E-state index contributed by atoms with van der Waals surface area (Å²) in [4.78, 5) is 4.49. The number of halogens is 1. The molecular formula is C21H28FN3O3S. The molecule has 2 rings (SSSR count). The van der Waals surface area contributed by atoms with Gasteiger partial charge >= 0.3 is 0 Å². The van der Waals surface area contributed by atoms with Gasteiger partial charge in [-0.2, -0.15) is 0 Å². The molecule has 2 aromatic carbocycles. The van der Waals surface area contributed by atoms with Gasteiger partial charge in [0.15, 0.2) is 15.8 Å². The molecule has 0 saturated heterocycles. The van der Waals surface area contributed by atoms with Gasteiger partial charge < -0.3 is 15.4 Å². The van der Waals surface area contributed by atoms with Gasteiger partial charge in [0.2, 0.25) is 0 Å². The van der Waals surface area contributed by atoms with Crippen molar-refractivity contribution in [3.8, 4) is 5.75 Å². The first kappa shape index (κ1) is 22.7. The Hall–Kier alpha value is -2.61. The molecule has 0 aromatic heterocycles. The number of nitrogens with one attached hydrogen (secondary N) is 2. The summed E-state index contributed by atoms with van der Waals surface area (Å²) >= 11 is 0. The molecular weight excluding hydrogens is 393 g/mol. The Balaban J connectivity index is 2.08. The highest BCUT2D eigenvalue weighted by atomic mass is 32.2. The summed E-state index contributed by atoms with van der Waals surface area (Å²) in [5.41, 5.74) is 2.19. The number of methoxy groups -OCH3 is 1. The van der Waals surface area contributed by atoms with Gasteiger partial charge in [0.05, 0.1) is 19.4 Å². The Morgan fingerprint density at radius 3 is 2.55 bits per heavy atom. The van der Waals surface area contributed by atoms with E-state index in [1.54, 1.807) is 7.11 Å². The highest BCUT2D eigenvalue weighted by molar-refractivity contribution is 7.89. The van der Waals surface area contributed by atoms with Gasteiger partial charge in [-0.05, 0) is 48.2 Å². The molecule has 6 nitrogen and oxygen atoms in total. The second kappa shape index (κ2) is 10.8. The van der Waals surface area contributed by atoms with Crippen LogP contribution in [0.1, 0.15) is 23.6 Å². The van der Waals surface area contributed by atoms with E-state index in [9.17, 15) is 12.8 Å². The summed E-state index contributed by atoms with van der Waals surface area (Å²) in [5, 5.41) is 6.39. The van der Waals surface area contributed by atoms with E-state index < -0.39 is 15.7 Å². The number of sulfone groups is 1. The number of hydrogen-bond acceptors (Lipinski definition) is 4. The average Bonchev–Trinajstić information content (AvgIpc) is 2.67. The Bertz CT molecular complexity index is 946. The van der Waals surface area contributed by atoms with Crippen molar-refractivity contribution in [3.05, 3.63) is 65.0 Å². The van der Waals surface area contributed by atoms with Crippen LogP contribution in [0.25, 0.3) is 0 Å². The standard InChI is InChI=1S/C21H28FN3O3S/c1-4-23-21(24-12-11-16-7-5-6-8-20(16)28-2)25-14-18-13-19(22)10-9-17(18)15-29(3,26)27/h5-10,13H,4,11-12,14-15H2,1-3H3,(H2,23,24,25). The zero-order chi connectivity index (χ0) is 21.3. The molecule has 8 heteroatoms. The second-order valence-electron chi connectivity index (χ2n) is 6.67. The summed E-state index contributed by atoms with van der Waals surface area (Å²) in [5.74, 6) is 0.857. The van der Waals surface area contributed by atoms with Crippen LogP contribution in [0, 0.1) is 5.82 Å². The van der Waals surface area contributed by atoms with E-state index >= 15 is 0 Å². The molecule has 0 unspecified atom stereocenters. The molecule has 0 spiro atoms. The second-order valence-corrected chi connectivity index (χ2v) is 8.81. The molecule has 0 bridgehead atoms. The van der Waals surface area contributed by atoms with Crippen molar-refractivity contribution in [1.82, 2.24) is 10.6 Å². The van der Waals surface area contributed by atoms with Gasteiger partial charge in [-0.3, -0.25) is 0 Å². The van der Waals surface area contributed by atoms with Crippen molar-refractivity contribution in [2.75, 3.05) is 26.5 Å². The van der Waals surface area contributed by atoms with Crippen LogP contribution in [0.2, 0.25) is 0 Å². The largest absolute Gasteiger partial charge is 0.496 e. The van der Waals surface area contributed by atoms with E-state index in [1.807, 2.05) is 31.2 Å². The average molecular weight is 422 g/mol. The zero-order valence-electron chi connectivity index (χ0n) is 17.0. The molecule has 158 valence electrons. The molecule has 0 saturated carbocycles. The fourth-order valence-corrected chi connectivity index (χ4v) is 3.74. The van der Waals surface area contributed by atoms with Gasteiger partial charge in [-0.15, -0.1) is 0 Å². The monoisotopic (exact) mass is 421 g/mol.